The summed E-state index contributed by atoms with van der Waals surface area (Å²) in [5.41, 5.74) is 0. The van der Waals surface area contributed by atoms with Gasteiger partial charge < -0.3 is 9.64 Å². The van der Waals surface area contributed by atoms with E-state index in [0.29, 0.717) is 10.6 Å². The second kappa shape index (κ2) is 9.72. The van der Waals surface area contributed by atoms with Gasteiger partial charge in [-0.15, -0.1) is 11.8 Å². The number of benzene rings is 2. The van der Waals surface area contributed by atoms with E-state index in [1.54, 1.807) is 38.4 Å². The van der Waals surface area contributed by atoms with Crippen LogP contribution in [0.4, 0.5) is 4.39 Å². The molecule has 0 fully saturated rings. The lowest BCUT2D eigenvalue weighted by Crippen LogP contribution is -2.27. The van der Waals surface area contributed by atoms with Gasteiger partial charge in [-0.05, 0) is 30.3 Å². The van der Waals surface area contributed by atoms with Crippen LogP contribution in [-0.4, -0.2) is 52.2 Å². The minimum Gasteiger partial charge on any atom is -0.481 e. The number of nitrogens with one attached hydrogen (secondary N) is 1. The van der Waals surface area contributed by atoms with Crippen molar-refractivity contribution < 1.29 is 22.3 Å². The summed E-state index contributed by atoms with van der Waals surface area (Å²) >= 11 is 1.31. The smallest absolute Gasteiger partial charge is 0.259 e. The van der Waals surface area contributed by atoms with Crippen LogP contribution < -0.4 is 9.46 Å². The molecule has 9 heteroatoms. The number of sulfonamides is 1. The van der Waals surface area contributed by atoms with Gasteiger partial charge in [0.25, 0.3) is 5.91 Å². The van der Waals surface area contributed by atoms with Crippen molar-refractivity contribution >= 4 is 27.7 Å². The van der Waals surface area contributed by atoms with Gasteiger partial charge in [-0.1, -0.05) is 18.2 Å². The second-order valence-corrected chi connectivity index (χ2v) is 8.66. The molecule has 0 unspecified atom stereocenters. The lowest BCUT2D eigenvalue weighted by molar-refractivity contribution is -0.130. The van der Waals surface area contributed by atoms with Crippen LogP contribution in [0.5, 0.6) is 5.75 Å². The molecule has 2 aromatic rings. The number of carbonyl (C=O) groups is 1. The van der Waals surface area contributed by atoms with Crippen molar-refractivity contribution in [3.63, 3.8) is 0 Å². The van der Waals surface area contributed by atoms with Gasteiger partial charge in [0.15, 0.2) is 18.2 Å². The van der Waals surface area contributed by atoms with Crippen molar-refractivity contribution in [2.75, 3.05) is 33.0 Å². The fourth-order valence-corrected chi connectivity index (χ4v) is 3.96. The maximum absolute atomic E-state index is 14.0. The monoisotopic (exact) mass is 412 g/mol. The largest absolute Gasteiger partial charge is 0.481 e. The number of rotatable bonds is 9. The van der Waals surface area contributed by atoms with Crippen molar-refractivity contribution in [3.8, 4) is 5.75 Å². The van der Waals surface area contributed by atoms with Crippen LogP contribution in [0.1, 0.15) is 0 Å². The fraction of sp³-hybridized carbons (Fsp3) is 0.278. The van der Waals surface area contributed by atoms with Crippen molar-refractivity contribution in [1.29, 1.82) is 0 Å². The van der Waals surface area contributed by atoms with E-state index >= 15 is 0 Å². The van der Waals surface area contributed by atoms with Gasteiger partial charge in [-0.2, -0.15) is 0 Å². The highest BCUT2D eigenvalue weighted by atomic mass is 32.2. The summed E-state index contributed by atoms with van der Waals surface area (Å²) in [7, 11) is -0.363. The van der Waals surface area contributed by atoms with Gasteiger partial charge in [-0.25, -0.2) is 17.5 Å². The molecule has 0 atom stereocenters. The van der Waals surface area contributed by atoms with E-state index in [2.05, 4.69) is 4.72 Å². The molecule has 146 valence electrons. The Labute approximate surface area is 162 Å². The second-order valence-electron chi connectivity index (χ2n) is 5.73. The maximum Gasteiger partial charge on any atom is 0.259 e. The quantitative estimate of drug-likeness (QED) is 0.506. The van der Waals surface area contributed by atoms with E-state index in [9.17, 15) is 17.6 Å². The van der Waals surface area contributed by atoms with Gasteiger partial charge in [0.05, 0.1) is 4.90 Å². The molecule has 0 aliphatic rings. The van der Waals surface area contributed by atoms with E-state index in [1.807, 2.05) is 0 Å². The van der Waals surface area contributed by atoms with Crippen LogP contribution in [0.3, 0.4) is 0 Å². The topological polar surface area (TPSA) is 75.7 Å². The Morgan fingerprint density at radius 2 is 1.89 bits per heavy atom. The number of ether oxygens (including phenoxy) is 1. The molecule has 0 aliphatic carbocycles. The minimum absolute atomic E-state index is 0.000620. The summed E-state index contributed by atoms with van der Waals surface area (Å²) in [6.07, 6.45) is 0. The molecule has 0 spiro atoms. The number of hydrogen-bond donors (Lipinski definition) is 1. The Morgan fingerprint density at radius 3 is 2.52 bits per heavy atom. The van der Waals surface area contributed by atoms with Crippen molar-refractivity contribution in [1.82, 2.24) is 9.62 Å². The van der Waals surface area contributed by atoms with Gasteiger partial charge in [0.2, 0.25) is 10.0 Å². The molecule has 6 nitrogen and oxygen atoms in total. The van der Waals surface area contributed by atoms with Gasteiger partial charge >= 0.3 is 0 Å². The number of carbonyl (C=O) groups excluding carboxylic acids is 1. The molecule has 1 amide bonds. The Kier molecular flexibility index (Phi) is 7.64. The summed E-state index contributed by atoms with van der Waals surface area (Å²) in [6, 6.07) is 12.5. The van der Waals surface area contributed by atoms with Gasteiger partial charge in [-0.3, -0.25) is 4.79 Å². The molecule has 2 aromatic carbocycles. The van der Waals surface area contributed by atoms with E-state index in [1.165, 1.54) is 40.9 Å². The first-order valence-electron chi connectivity index (χ1n) is 8.09. The molecule has 0 bridgehead atoms. The summed E-state index contributed by atoms with van der Waals surface area (Å²) in [4.78, 5) is 13.7. The minimum atomic E-state index is -3.55. The molecular formula is C18H21FN2O4S2. The standard InChI is InChI=1S/C18H21FN2O4S2/c1-21(2)18(22)13-25-17-9-8-14(12-16(17)19)26-11-10-20-27(23,24)15-6-4-3-5-7-15/h3-9,12,20H,10-11,13H2,1-2H3. The summed E-state index contributed by atoms with van der Waals surface area (Å²) in [5.74, 6) is -0.403. The highest BCUT2D eigenvalue weighted by molar-refractivity contribution is 7.99. The Morgan fingerprint density at radius 1 is 1.19 bits per heavy atom. The van der Waals surface area contributed by atoms with Crippen LogP contribution in [-0.2, 0) is 14.8 Å². The van der Waals surface area contributed by atoms with Crippen LogP contribution in [0, 0.1) is 5.82 Å². The van der Waals surface area contributed by atoms with Crippen LogP contribution in [0.25, 0.3) is 0 Å². The molecule has 1 N–H and O–H groups in total. The zero-order chi connectivity index (χ0) is 19.9. The third kappa shape index (κ3) is 6.53. The van der Waals surface area contributed by atoms with Crippen molar-refractivity contribution in [3.05, 3.63) is 54.3 Å². The molecular weight excluding hydrogens is 391 g/mol. The number of amides is 1. The predicted molar refractivity (Wildman–Crippen MR) is 103 cm³/mol. The first kappa shape index (κ1) is 21.2. The number of hydrogen-bond acceptors (Lipinski definition) is 5. The lowest BCUT2D eigenvalue weighted by Gasteiger charge is -2.12. The van der Waals surface area contributed by atoms with Gasteiger partial charge in [0.1, 0.15) is 0 Å². The Balaban J connectivity index is 1.83. The molecule has 0 saturated heterocycles. The zero-order valence-corrected chi connectivity index (χ0v) is 16.6. The summed E-state index contributed by atoms with van der Waals surface area (Å²) in [5, 5.41) is 0. The maximum atomic E-state index is 14.0. The van der Waals surface area contributed by atoms with E-state index in [0.717, 1.165) is 0 Å². The van der Waals surface area contributed by atoms with E-state index < -0.39 is 15.8 Å². The molecule has 0 radical (unpaired) electrons. The van der Waals surface area contributed by atoms with Crippen LogP contribution >= 0.6 is 11.8 Å². The Bertz CT molecular complexity index is 874. The molecule has 0 saturated carbocycles. The third-order valence-electron chi connectivity index (χ3n) is 3.47. The average Bonchev–Trinajstić information content (AvgIpc) is 2.65. The fourth-order valence-electron chi connectivity index (χ4n) is 1.98. The average molecular weight is 413 g/mol. The van der Waals surface area contributed by atoms with Gasteiger partial charge in [0, 0.05) is 31.3 Å². The lowest BCUT2D eigenvalue weighted by atomic mass is 10.3. The number of likely N-dealkylation sites (N-methyl/N-ethyl adjacent to an activating group) is 1. The number of thioether (sulfide) groups is 1. The SMILES string of the molecule is CN(C)C(=O)COc1ccc(SCCNS(=O)(=O)c2ccccc2)cc1F. The molecule has 0 aromatic heterocycles. The first-order chi connectivity index (χ1) is 12.8. The number of halogens is 1. The van der Waals surface area contributed by atoms with Crippen LogP contribution in [0.2, 0.25) is 0 Å². The predicted octanol–water partition coefficient (Wildman–Crippen LogP) is 2.36. The molecule has 27 heavy (non-hydrogen) atoms. The van der Waals surface area contributed by atoms with Crippen molar-refractivity contribution in [2.45, 2.75) is 9.79 Å². The van der Waals surface area contributed by atoms with Crippen molar-refractivity contribution in [2.24, 2.45) is 0 Å². The molecule has 2 rings (SSSR count). The van der Waals surface area contributed by atoms with E-state index in [4.69, 9.17) is 4.74 Å². The highest BCUT2D eigenvalue weighted by Crippen LogP contribution is 2.25. The molecule has 0 heterocycles. The Hall–Kier alpha value is -2.10. The summed E-state index contributed by atoms with van der Waals surface area (Å²) in [6.45, 7) is -0.0310. The zero-order valence-electron chi connectivity index (χ0n) is 15.0. The number of nitrogens with zero attached hydrogens (tertiary/aromatic N) is 1. The van der Waals surface area contributed by atoms with E-state index in [-0.39, 0.29) is 29.7 Å². The molecule has 0 aliphatic heterocycles. The first-order valence-corrected chi connectivity index (χ1v) is 10.6. The summed E-state index contributed by atoms with van der Waals surface area (Å²) < 4.78 is 45.9. The highest BCUT2D eigenvalue weighted by Gasteiger charge is 2.13. The normalized spacial score (nSPS) is 11.2. The third-order valence-corrected chi connectivity index (χ3v) is 5.94. The van der Waals surface area contributed by atoms with Crippen LogP contribution in [0.15, 0.2) is 58.3 Å².